The van der Waals surface area contributed by atoms with Crippen molar-refractivity contribution in [2.75, 3.05) is 11.1 Å². The smallest absolute Gasteiger partial charge is 0.247 e. The quantitative estimate of drug-likeness (QED) is 0.591. The number of alkyl halides is 1. The molecule has 0 fully saturated rings. The van der Waals surface area contributed by atoms with Crippen molar-refractivity contribution in [2.45, 2.75) is 25.5 Å². The van der Waals surface area contributed by atoms with E-state index in [1.165, 1.54) is 5.56 Å². The normalized spacial score (nSPS) is 21.4. The van der Waals surface area contributed by atoms with E-state index in [-0.39, 0.29) is 11.6 Å². The molecule has 0 bridgehead atoms. The third kappa shape index (κ3) is 3.86. The van der Waals surface area contributed by atoms with Crippen LogP contribution in [0.1, 0.15) is 25.5 Å². The van der Waals surface area contributed by atoms with E-state index >= 15 is 0 Å². The van der Waals surface area contributed by atoms with E-state index < -0.39 is 0 Å². The molecule has 0 aromatic heterocycles. The van der Waals surface area contributed by atoms with Gasteiger partial charge in [-0.25, -0.2) is 4.99 Å². The molecule has 1 aliphatic rings. The van der Waals surface area contributed by atoms with Crippen molar-refractivity contribution in [3.8, 4) is 0 Å². The highest BCUT2D eigenvalue weighted by molar-refractivity contribution is 9.09. The summed E-state index contributed by atoms with van der Waals surface area (Å²) < 4.78 is 5.96. The maximum Gasteiger partial charge on any atom is 0.247 e. The lowest BCUT2D eigenvalue weighted by Gasteiger charge is -2.24. The van der Waals surface area contributed by atoms with Crippen LogP contribution in [0.5, 0.6) is 0 Å². The van der Waals surface area contributed by atoms with Crippen LogP contribution < -0.4 is 0 Å². The molecule has 1 aromatic carbocycles. The summed E-state index contributed by atoms with van der Waals surface area (Å²) in [5, 5.41) is 1.68. The van der Waals surface area contributed by atoms with Crippen molar-refractivity contribution in [2.24, 2.45) is 4.99 Å². The Morgan fingerprint density at radius 1 is 1.32 bits per heavy atom. The van der Waals surface area contributed by atoms with Crippen molar-refractivity contribution >= 4 is 32.9 Å². The van der Waals surface area contributed by atoms with Gasteiger partial charge in [0.05, 0.1) is 0 Å². The lowest BCUT2D eigenvalue weighted by Crippen LogP contribution is -2.27. The minimum absolute atomic E-state index is 0.0800. The minimum Gasteiger partial charge on any atom is -0.464 e. The number of thioether (sulfide) groups is 1. The highest BCUT2D eigenvalue weighted by atomic mass is 79.9. The Morgan fingerprint density at radius 3 is 2.74 bits per heavy atom. The van der Waals surface area contributed by atoms with Crippen molar-refractivity contribution in [1.29, 1.82) is 0 Å². The molecule has 0 N–H and O–H groups in total. The van der Waals surface area contributed by atoms with E-state index in [9.17, 15) is 0 Å². The van der Waals surface area contributed by atoms with Gasteiger partial charge in [0, 0.05) is 11.1 Å². The predicted molar refractivity (Wildman–Crippen MR) is 87.2 cm³/mol. The number of nitrogens with zero attached hydrogens (tertiary/aromatic N) is 1. The SMILES string of the molecule is CC1(C)OC(SC/C=C/CBr)=N[C@@H]1c1ccccc1. The number of allylic oxidation sites excluding steroid dienone is 1. The topological polar surface area (TPSA) is 21.6 Å². The molecular formula is C15H18BrNOS. The predicted octanol–water partition coefficient (Wildman–Crippen LogP) is 4.58. The molecule has 2 rings (SSSR count). The lowest BCUT2D eigenvalue weighted by atomic mass is 9.93. The molecule has 0 radical (unpaired) electrons. The minimum atomic E-state index is -0.275. The number of hydrogen-bond acceptors (Lipinski definition) is 3. The summed E-state index contributed by atoms with van der Waals surface area (Å²) in [6.07, 6.45) is 4.20. The third-order valence-electron chi connectivity index (χ3n) is 2.92. The fourth-order valence-electron chi connectivity index (χ4n) is 2.00. The van der Waals surface area contributed by atoms with Crippen molar-refractivity contribution in [3.05, 3.63) is 48.0 Å². The second kappa shape index (κ2) is 6.62. The second-order valence-electron chi connectivity index (χ2n) is 4.85. The van der Waals surface area contributed by atoms with E-state index in [0.717, 1.165) is 16.3 Å². The summed E-state index contributed by atoms with van der Waals surface area (Å²) in [5.41, 5.74) is 0.933. The molecule has 0 saturated heterocycles. The largest absolute Gasteiger partial charge is 0.464 e. The molecule has 0 spiro atoms. The summed E-state index contributed by atoms with van der Waals surface area (Å²) in [4.78, 5) is 4.72. The second-order valence-corrected chi connectivity index (χ2v) is 6.47. The number of aliphatic imine (C=N–C) groups is 1. The standard InChI is InChI=1S/C15H18BrNOS/c1-15(2)13(12-8-4-3-5-9-12)17-14(18-15)19-11-7-6-10-16/h3-9,13H,10-11H2,1-2H3/b7-6+/t13-/m1/s1. The Hall–Kier alpha value is -0.740. The molecule has 1 aliphatic heterocycles. The van der Waals surface area contributed by atoms with E-state index in [0.29, 0.717) is 0 Å². The van der Waals surface area contributed by atoms with Gasteiger partial charge in [0.15, 0.2) is 0 Å². The number of benzene rings is 1. The Bertz CT molecular complexity index is 470. The van der Waals surface area contributed by atoms with Crippen LogP contribution in [0.15, 0.2) is 47.5 Å². The van der Waals surface area contributed by atoms with Crippen LogP contribution in [0, 0.1) is 0 Å². The number of ether oxygens (including phenoxy) is 1. The first kappa shape index (κ1) is 14.7. The van der Waals surface area contributed by atoms with E-state index in [1.54, 1.807) is 11.8 Å². The zero-order valence-electron chi connectivity index (χ0n) is 11.2. The Morgan fingerprint density at radius 2 is 2.05 bits per heavy atom. The summed E-state index contributed by atoms with van der Waals surface area (Å²) in [5.74, 6) is 0.891. The van der Waals surface area contributed by atoms with Crippen LogP contribution in [0.3, 0.4) is 0 Å². The maximum atomic E-state index is 5.96. The van der Waals surface area contributed by atoms with Crippen molar-refractivity contribution < 1.29 is 4.74 Å². The van der Waals surface area contributed by atoms with Crippen LogP contribution in [0.25, 0.3) is 0 Å². The number of halogens is 1. The molecule has 1 aromatic rings. The molecular weight excluding hydrogens is 322 g/mol. The highest BCUT2D eigenvalue weighted by Gasteiger charge is 2.39. The molecule has 1 heterocycles. The van der Waals surface area contributed by atoms with Gasteiger partial charge < -0.3 is 4.74 Å². The van der Waals surface area contributed by atoms with Crippen LogP contribution in [-0.2, 0) is 4.74 Å². The van der Waals surface area contributed by atoms with Gasteiger partial charge in [-0.1, -0.05) is 70.2 Å². The zero-order valence-corrected chi connectivity index (χ0v) is 13.6. The van der Waals surface area contributed by atoms with Crippen LogP contribution in [0.4, 0.5) is 0 Å². The molecule has 0 aliphatic carbocycles. The number of rotatable bonds is 4. The van der Waals surface area contributed by atoms with Gasteiger partial charge in [-0.15, -0.1) is 0 Å². The molecule has 1 atom stereocenters. The average molecular weight is 340 g/mol. The monoisotopic (exact) mass is 339 g/mol. The molecule has 0 saturated carbocycles. The Labute approximate surface area is 127 Å². The number of hydrogen-bond donors (Lipinski definition) is 0. The Balaban J connectivity index is 2.06. The lowest BCUT2D eigenvalue weighted by molar-refractivity contribution is 0.101. The fraction of sp³-hybridized carbons (Fsp3) is 0.400. The van der Waals surface area contributed by atoms with Gasteiger partial charge in [0.25, 0.3) is 0 Å². The molecule has 19 heavy (non-hydrogen) atoms. The highest BCUT2D eigenvalue weighted by Crippen LogP contribution is 2.39. The van der Waals surface area contributed by atoms with Gasteiger partial charge in [-0.05, 0) is 19.4 Å². The summed E-state index contributed by atoms with van der Waals surface area (Å²) in [6.45, 7) is 4.19. The first-order chi connectivity index (χ1) is 9.13. The molecule has 0 unspecified atom stereocenters. The van der Waals surface area contributed by atoms with Gasteiger partial charge in [-0.2, -0.15) is 0 Å². The summed E-state index contributed by atoms with van der Waals surface area (Å²) in [7, 11) is 0. The fourth-order valence-corrected chi connectivity index (χ4v) is 3.09. The van der Waals surface area contributed by atoms with E-state index in [2.05, 4.69) is 54.1 Å². The van der Waals surface area contributed by atoms with Gasteiger partial charge in [-0.3, -0.25) is 0 Å². The molecule has 102 valence electrons. The van der Waals surface area contributed by atoms with Crippen molar-refractivity contribution in [3.63, 3.8) is 0 Å². The summed E-state index contributed by atoms with van der Waals surface area (Å²) in [6, 6.07) is 10.4. The van der Waals surface area contributed by atoms with Crippen LogP contribution in [0.2, 0.25) is 0 Å². The first-order valence-corrected chi connectivity index (χ1v) is 8.40. The first-order valence-electron chi connectivity index (χ1n) is 6.29. The average Bonchev–Trinajstić information content (AvgIpc) is 2.71. The van der Waals surface area contributed by atoms with Gasteiger partial charge in [0.1, 0.15) is 11.6 Å². The van der Waals surface area contributed by atoms with Crippen LogP contribution in [-0.4, -0.2) is 21.9 Å². The zero-order chi connectivity index (χ0) is 13.7. The van der Waals surface area contributed by atoms with Gasteiger partial charge >= 0.3 is 0 Å². The molecule has 4 heteroatoms. The molecule has 0 amide bonds. The van der Waals surface area contributed by atoms with Gasteiger partial charge in [0.2, 0.25) is 5.23 Å². The van der Waals surface area contributed by atoms with Crippen molar-refractivity contribution in [1.82, 2.24) is 0 Å². The molecule has 2 nitrogen and oxygen atoms in total. The van der Waals surface area contributed by atoms with Crippen LogP contribution >= 0.6 is 27.7 Å². The Kier molecular flexibility index (Phi) is 5.11. The summed E-state index contributed by atoms with van der Waals surface area (Å²) >= 11 is 5.01. The van der Waals surface area contributed by atoms with E-state index in [1.807, 2.05) is 18.2 Å². The maximum absolute atomic E-state index is 5.96. The third-order valence-corrected chi connectivity index (χ3v) is 4.09. The van der Waals surface area contributed by atoms with E-state index in [4.69, 9.17) is 9.73 Å².